The topological polar surface area (TPSA) is 32.8 Å². The molecule has 0 aliphatic carbocycles. The standard InChI is InChI=1S/C17H25FN2O2/c1-4-22-15-7-5-14(6-8-15)13-19-9-11-20(12-10-19)16(21)17(2,3)18/h5-8H,4,9-13H2,1-3H3. The number of ether oxygens (including phenoxy) is 1. The lowest BCUT2D eigenvalue weighted by Gasteiger charge is -2.36. The zero-order chi connectivity index (χ0) is 16.2. The molecule has 1 amide bonds. The number of hydrogen-bond donors (Lipinski definition) is 0. The van der Waals surface area contributed by atoms with Crippen LogP contribution in [0.25, 0.3) is 0 Å². The van der Waals surface area contributed by atoms with Gasteiger partial charge in [0.25, 0.3) is 5.91 Å². The summed E-state index contributed by atoms with van der Waals surface area (Å²) in [7, 11) is 0. The molecule has 1 aliphatic rings. The van der Waals surface area contributed by atoms with Gasteiger partial charge >= 0.3 is 0 Å². The summed E-state index contributed by atoms with van der Waals surface area (Å²) in [6, 6.07) is 8.08. The molecule has 0 aromatic heterocycles. The van der Waals surface area contributed by atoms with Crippen molar-refractivity contribution in [2.45, 2.75) is 33.0 Å². The summed E-state index contributed by atoms with van der Waals surface area (Å²) >= 11 is 0. The minimum Gasteiger partial charge on any atom is -0.494 e. The minimum absolute atomic E-state index is 0.409. The van der Waals surface area contributed by atoms with Gasteiger partial charge in [-0.05, 0) is 38.5 Å². The van der Waals surface area contributed by atoms with Crippen molar-refractivity contribution >= 4 is 5.91 Å². The lowest BCUT2D eigenvalue weighted by Crippen LogP contribution is -2.52. The van der Waals surface area contributed by atoms with E-state index in [9.17, 15) is 9.18 Å². The number of carbonyl (C=O) groups is 1. The van der Waals surface area contributed by atoms with E-state index in [2.05, 4.69) is 17.0 Å². The predicted octanol–water partition coefficient (Wildman–Crippen LogP) is 2.48. The second-order valence-corrected chi connectivity index (χ2v) is 6.12. The number of amides is 1. The van der Waals surface area contributed by atoms with Crippen LogP contribution in [0, 0.1) is 0 Å². The van der Waals surface area contributed by atoms with Crippen LogP contribution in [0.2, 0.25) is 0 Å². The van der Waals surface area contributed by atoms with Crippen LogP contribution in [0.5, 0.6) is 5.75 Å². The lowest BCUT2D eigenvalue weighted by molar-refractivity contribution is -0.143. The first-order valence-electron chi connectivity index (χ1n) is 7.82. The van der Waals surface area contributed by atoms with Gasteiger partial charge in [-0.15, -0.1) is 0 Å². The summed E-state index contributed by atoms with van der Waals surface area (Å²) < 4.78 is 19.1. The highest BCUT2D eigenvalue weighted by atomic mass is 19.1. The highest BCUT2D eigenvalue weighted by molar-refractivity contribution is 5.84. The molecule has 0 atom stereocenters. The van der Waals surface area contributed by atoms with Crippen LogP contribution >= 0.6 is 0 Å². The molecule has 1 heterocycles. The number of rotatable bonds is 5. The van der Waals surface area contributed by atoms with Gasteiger partial charge in [0, 0.05) is 32.7 Å². The highest BCUT2D eigenvalue weighted by Gasteiger charge is 2.33. The van der Waals surface area contributed by atoms with Crippen molar-refractivity contribution in [3.05, 3.63) is 29.8 Å². The Morgan fingerprint density at radius 3 is 2.27 bits per heavy atom. The van der Waals surface area contributed by atoms with E-state index < -0.39 is 11.6 Å². The normalized spacial score (nSPS) is 16.6. The van der Waals surface area contributed by atoms with E-state index in [1.165, 1.54) is 19.4 Å². The molecule has 0 radical (unpaired) electrons. The molecule has 1 aliphatic heterocycles. The molecule has 0 unspecified atom stereocenters. The average molecular weight is 308 g/mol. The Kier molecular flexibility index (Phi) is 5.40. The van der Waals surface area contributed by atoms with Crippen molar-refractivity contribution in [1.82, 2.24) is 9.80 Å². The molecule has 1 saturated heterocycles. The third-order valence-corrected chi connectivity index (χ3v) is 3.81. The molecular formula is C17H25FN2O2. The molecule has 1 aromatic carbocycles. The largest absolute Gasteiger partial charge is 0.494 e. The molecule has 122 valence electrons. The van der Waals surface area contributed by atoms with Gasteiger partial charge in [0.15, 0.2) is 5.67 Å². The molecule has 0 saturated carbocycles. The fraction of sp³-hybridized carbons (Fsp3) is 0.588. The van der Waals surface area contributed by atoms with Gasteiger partial charge in [0.05, 0.1) is 6.61 Å². The van der Waals surface area contributed by atoms with Gasteiger partial charge < -0.3 is 9.64 Å². The van der Waals surface area contributed by atoms with Crippen molar-refractivity contribution < 1.29 is 13.9 Å². The first-order valence-corrected chi connectivity index (χ1v) is 7.82. The Morgan fingerprint density at radius 2 is 1.77 bits per heavy atom. The van der Waals surface area contributed by atoms with Gasteiger partial charge in [0.1, 0.15) is 5.75 Å². The molecule has 22 heavy (non-hydrogen) atoms. The molecule has 0 N–H and O–H groups in total. The molecule has 0 spiro atoms. The maximum absolute atomic E-state index is 13.7. The van der Waals surface area contributed by atoms with Crippen LogP contribution in [0.4, 0.5) is 4.39 Å². The van der Waals surface area contributed by atoms with Crippen LogP contribution in [-0.2, 0) is 11.3 Å². The van der Waals surface area contributed by atoms with Crippen molar-refractivity contribution in [3.8, 4) is 5.75 Å². The number of piperazine rings is 1. The zero-order valence-corrected chi connectivity index (χ0v) is 13.6. The summed E-state index contributed by atoms with van der Waals surface area (Å²) in [6.07, 6.45) is 0. The lowest BCUT2D eigenvalue weighted by atomic mass is 10.1. The third kappa shape index (κ3) is 4.44. The second kappa shape index (κ2) is 7.09. The first kappa shape index (κ1) is 16.7. The quantitative estimate of drug-likeness (QED) is 0.838. The molecule has 1 fully saturated rings. The van der Waals surface area contributed by atoms with Crippen molar-refractivity contribution in [1.29, 1.82) is 0 Å². The van der Waals surface area contributed by atoms with E-state index in [1.807, 2.05) is 19.1 Å². The van der Waals surface area contributed by atoms with E-state index in [0.29, 0.717) is 19.7 Å². The number of carbonyl (C=O) groups excluding carboxylic acids is 1. The van der Waals surface area contributed by atoms with Crippen molar-refractivity contribution in [3.63, 3.8) is 0 Å². The molecule has 4 nitrogen and oxygen atoms in total. The van der Waals surface area contributed by atoms with E-state index in [-0.39, 0.29) is 0 Å². The average Bonchev–Trinajstić information content (AvgIpc) is 2.49. The SMILES string of the molecule is CCOc1ccc(CN2CCN(C(=O)C(C)(C)F)CC2)cc1. The van der Waals surface area contributed by atoms with Crippen LogP contribution < -0.4 is 4.74 Å². The molecule has 0 bridgehead atoms. The van der Waals surface area contributed by atoms with Gasteiger partial charge in [0.2, 0.25) is 0 Å². The van der Waals surface area contributed by atoms with Crippen LogP contribution in [-0.4, -0.2) is 54.2 Å². The summed E-state index contributed by atoms with van der Waals surface area (Å²) in [6.45, 7) is 8.83. The van der Waals surface area contributed by atoms with E-state index in [1.54, 1.807) is 4.90 Å². The number of halogens is 1. The maximum atomic E-state index is 13.7. The maximum Gasteiger partial charge on any atom is 0.259 e. The second-order valence-electron chi connectivity index (χ2n) is 6.12. The summed E-state index contributed by atoms with van der Waals surface area (Å²) in [4.78, 5) is 15.8. The molecule has 2 rings (SSSR count). The van der Waals surface area contributed by atoms with Crippen LogP contribution in [0.1, 0.15) is 26.3 Å². The zero-order valence-electron chi connectivity index (χ0n) is 13.6. The number of benzene rings is 1. The fourth-order valence-corrected chi connectivity index (χ4v) is 2.60. The smallest absolute Gasteiger partial charge is 0.259 e. The molecular weight excluding hydrogens is 283 g/mol. The Bertz CT molecular complexity index is 488. The number of alkyl halides is 1. The monoisotopic (exact) mass is 308 g/mol. The van der Waals surface area contributed by atoms with Crippen LogP contribution in [0.15, 0.2) is 24.3 Å². The van der Waals surface area contributed by atoms with E-state index in [0.717, 1.165) is 25.4 Å². The Labute approximate surface area is 131 Å². The summed E-state index contributed by atoms with van der Waals surface area (Å²) in [5.74, 6) is 0.472. The highest BCUT2D eigenvalue weighted by Crippen LogP contribution is 2.17. The van der Waals surface area contributed by atoms with Crippen molar-refractivity contribution in [2.75, 3.05) is 32.8 Å². The summed E-state index contributed by atoms with van der Waals surface area (Å²) in [5, 5.41) is 0. The van der Waals surface area contributed by atoms with E-state index in [4.69, 9.17) is 4.74 Å². The predicted molar refractivity (Wildman–Crippen MR) is 84.7 cm³/mol. The summed E-state index contributed by atoms with van der Waals surface area (Å²) in [5.41, 5.74) is -0.564. The minimum atomic E-state index is -1.78. The molecule has 5 heteroatoms. The number of nitrogens with zero attached hydrogens (tertiary/aromatic N) is 2. The first-order chi connectivity index (χ1) is 10.4. The van der Waals surface area contributed by atoms with Crippen molar-refractivity contribution in [2.24, 2.45) is 0 Å². The molecule has 1 aromatic rings. The van der Waals surface area contributed by atoms with Crippen LogP contribution in [0.3, 0.4) is 0 Å². The van der Waals surface area contributed by atoms with Gasteiger partial charge in [-0.2, -0.15) is 0 Å². The Balaban J connectivity index is 1.83. The number of hydrogen-bond acceptors (Lipinski definition) is 3. The van der Waals surface area contributed by atoms with Gasteiger partial charge in [-0.25, -0.2) is 4.39 Å². The van der Waals surface area contributed by atoms with E-state index >= 15 is 0 Å². The fourth-order valence-electron chi connectivity index (χ4n) is 2.60. The van der Waals surface area contributed by atoms with Gasteiger partial charge in [-0.3, -0.25) is 9.69 Å². The Hall–Kier alpha value is -1.62. The Morgan fingerprint density at radius 1 is 1.18 bits per heavy atom. The third-order valence-electron chi connectivity index (χ3n) is 3.81. The van der Waals surface area contributed by atoms with Gasteiger partial charge in [-0.1, -0.05) is 12.1 Å².